The molecule has 0 spiro atoms. The molecule has 0 saturated heterocycles. The number of aromatic nitrogens is 4. The Balaban J connectivity index is 1.47. The number of tetrazole rings is 1. The van der Waals surface area contributed by atoms with Gasteiger partial charge in [-0.25, -0.2) is 0 Å². The molecule has 174 valence electrons. The van der Waals surface area contributed by atoms with Gasteiger partial charge in [0.2, 0.25) is 17.6 Å². The number of nitrogens with zero attached hydrogens (tertiary/aromatic N) is 5. The molecule has 0 radical (unpaired) electrons. The maximum absolute atomic E-state index is 13.2. The minimum absolute atomic E-state index is 0.0418. The second-order valence-electron chi connectivity index (χ2n) is 8.08. The summed E-state index contributed by atoms with van der Waals surface area (Å²) in [7, 11) is 1.59. The highest BCUT2D eigenvalue weighted by Gasteiger charge is 2.23. The lowest BCUT2D eigenvalue weighted by atomic mass is 9.95. The SMILES string of the molecule is COc1ccccc1CN(CC(=O)NC1CCCCC1)C(=O)Cn1nnc(-c2cccs2)n1. The van der Waals surface area contributed by atoms with Gasteiger partial charge in [-0.3, -0.25) is 9.59 Å². The average molecular weight is 469 g/mol. The summed E-state index contributed by atoms with van der Waals surface area (Å²) in [5, 5.41) is 17.4. The molecule has 10 heteroatoms. The van der Waals surface area contributed by atoms with Gasteiger partial charge in [0.05, 0.1) is 18.5 Å². The first kappa shape index (κ1) is 22.9. The van der Waals surface area contributed by atoms with Crippen molar-refractivity contribution in [3.05, 3.63) is 47.3 Å². The van der Waals surface area contributed by atoms with Crippen LogP contribution < -0.4 is 10.1 Å². The van der Waals surface area contributed by atoms with Crippen molar-refractivity contribution >= 4 is 23.2 Å². The van der Waals surface area contributed by atoms with Crippen LogP contribution in [0.15, 0.2) is 41.8 Å². The number of para-hydroxylation sites is 1. The standard InChI is InChI=1S/C23H28N6O3S/c1-32-19-11-6-5-8-17(19)14-28(15-21(30)24-18-9-3-2-4-10-18)22(31)16-29-26-23(25-27-29)20-12-7-13-33-20/h5-8,11-13,18H,2-4,9-10,14-16H2,1H3,(H,24,30). The number of ether oxygens (including phenoxy) is 1. The van der Waals surface area contributed by atoms with Crippen molar-refractivity contribution < 1.29 is 14.3 Å². The molecule has 2 amide bonds. The van der Waals surface area contributed by atoms with Gasteiger partial charge in [0.25, 0.3) is 0 Å². The molecule has 1 aliphatic carbocycles. The highest BCUT2D eigenvalue weighted by Crippen LogP contribution is 2.21. The van der Waals surface area contributed by atoms with Crippen molar-refractivity contribution in [1.29, 1.82) is 0 Å². The van der Waals surface area contributed by atoms with Crippen LogP contribution in [0.4, 0.5) is 0 Å². The van der Waals surface area contributed by atoms with E-state index in [1.54, 1.807) is 7.11 Å². The molecule has 4 rings (SSSR count). The normalized spacial score (nSPS) is 14.1. The van der Waals surface area contributed by atoms with E-state index in [2.05, 4.69) is 20.7 Å². The highest BCUT2D eigenvalue weighted by molar-refractivity contribution is 7.13. The van der Waals surface area contributed by atoms with Gasteiger partial charge in [-0.1, -0.05) is 43.5 Å². The summed E-state index contributed by atoms with van der Waals surface area (Å²) in [5.41, 5.74) is 0.824. The van der Waals surface area contributed by atoms with Gasteiger partial charge < -0.3 is 15.0 Å². The number of amides is 2. The number of hydrogen-bond donors (Lipinski definition) is 1. The summed E-state index contributed by atoms with van der Waals surface area (Å²) in [5.74, 6) is 0.719. The van der Waals surface area contributed by atoms with Gasteiger partial charge in [-0.2, -0.15) is 4.80 Å². The molecular formula is C23H28N6O3S. The van der Waals surface area contributed by atoms with E-state index in [0.29, 0.717) is 11.6 Å². The Hall–Kier alpha value is -3.27. The third-order valence-electron chi connectivity index (χ3n) is 5.68. The molecule has 3 aromatic rings. The number of carbonyl (C=O) groups is 2. The Morgan fingerprint density at radius 3 is 2.76 bits per heavy atom. The molecule has 2 heterocycles. The maximum atomic E-state index is 13.2. The van der Waals surface area contributed by atoms with Crippen LogP contribution >= 0.6 is 11.3 Å². The minimum atomic E-state index is -0.269. The van der Waals surface area contributed by atoms with E-state index in [9.17, 15) is 9.59 Å². The average Bonchev–Trinajstić information content (AvgIpc) is 3.52. The van der Waals surface area contributed by atoms with E-state index in [1.165, 1.54) is 27.5 Å². The van der Waals surface area contributed by atoms with E-state index in [1.807, 2.05) is 41.8 Å². The Morgan fingerprint density at radius 1 is 1.18 bits per heavy atom. The fourth-order valence-corrected chi connectivity index (χ4v) is 4.65. The first-order valence-corrected chi connectivity index (χ1v) is 12.0. The Kier molecular flexibility index (Phi) is 7.66. The molecule has 33 heavy (non-hydrogen) atoms. The third-order valence-corrected chi connectivity index (χ3v) is 6.55. The van der Waals surface area contributed by atoms with E-state index >= 15 is 0 Å². The molecule has 0 unspecified atom stereocenters. The quantitative estimate of drug-likeness (QED) is 0.518. The largest absolute Gasteiger partial charge is 0.496 e. The van der Waals surface area contributed by atoms with Crippen LogP contribution in [-0.2, 0) is 22.7 Å². The fraction of sp³-hybridized carbons (Fsp3) is 0.435. The lowest BCUT2D eigenvalue weighted by molar-refractivity contribution is -0.137. The first-order chi connectivity index (χ1) is 16.1. The summed E-state index contributed by atoms with van der Waals surface area (Å²) < 4.78 is 5.44. The van der Waals surface area contributed by atoms with Crippen LogP contribution in [-0.4, -0.2) is 56.6 Å². The molecule has 0 atom stereocenters. The number of hydrogen-bond acceptors (Lipinski definition) is 7. The van der Waals surface area contributed by atoms with E-state index in [-0.39, 0.29) is 37.5 Å². The van der Waals surface area contributed by atoms with Crippen molar-refractivity contribution in [3.63, 3.8) is 0 Å². The monoisotopic (exact) mass is 468 g/mol. The van der Waals surface area contributed by atoms with Gasteiger partial charge in [0.1, 0.15) is 12.3 Å². The molecule has 9 nitrogen and oxygen atoms in total. The Labute approximate surface area is 196 Å². The Morgan fingerprint density at radius 2 is 2.00 bits per heavy atom. The van der Waals surface area contributed by atoms with Crippen LogP contribution in [0.2, 0.25) is 0 Å². The van der Waals surface area contributed by atoms with Crippen LogP contribution in [0.3, 0.4) is 0 Å². The van der Waals surface area contributed by atoms with Crippen molar-refractivity contribution in [1.82, 2.24) is 30.4 Å². The zero-order chi connectivity index (χ0) is 23.0. The predicted octanol–water partition coefficient (Wildman–Crippen LogP) is 2.89. The van der Waals surface area contributed by atoms with Crippen molar-refractivity contribution in [2.75, 3.05) is 13.7 Å². The molecule has 1 aliphatic rings. The molecular weight excluding hydrogens is 440 g/mol. The van der Waals surface area contributed by atoms with E-state index in [4.69, 9.17) is 4.74 Å². The predicted molar refractivity (Wildman–Crippen MR) is 125 cm³/mol. The molecule has 1 fully saturated rings. The van der Waals surface area contributed by atoms with Crippen molar-refractivity contribution in [3.8, 4) is 16.5 Å². The zero-order valence-electron chi connectivity index (χ0n) is 18.6. The zero-order valence-corrected chi connectivity index (χ0v) is 19.5. The topological polar surface area (TPSA) is 102 Å². The van der Waals surface area contributed by atoms with Crippen LogP contribution in [0.1, 0.15) is 37.7 Å². The highest BCUT2D eigenvalue weighted by atomic mass is 32.1. The van der Waals surface area contributed by atoms with Gasteiger partial charge >= 0.3 is 0 Å². The molecule has 1 aromatic carbocycles. The van der Waals surface area contributed by atoms with Gasteiger partial charge in [-0.05, 0) is 35.6 Å². The number of methoxy groups -OCH3 is 1. The number of carbonyl (C=O) groups excluding carboxylic acids is 2. The number of thiophene rings is 1. The van der Waals surface area contributed by atoms with Crippen LogP contribution in [0, 0.1) is 0 Å². The van der Waals surface area contributed by atoms with E-state index < -0.39 is 0 Å². The minimum Gasteiger partial charge on any atom is -0.496 e. The van der Waals surface area contributed by atoms with Crippen molar-refractivity contribution in [2.24, 2.45) is 0 Å². The fourth-order valence-electron chi connectivity index (χ4n) is 4.00. The molecule has 1 N–H and O–H groups in total. The molecule has 2 aromatic heterocycles. The van der Waals surface area contributed by atoms with E-state index in [0.717, 1.165) is 36.1 Å². The lowest BCUT2D eigenvalue weighted by Gasteiger charge is -2.26. The molecule has 1 saturated carbocycles. The maximum Gasteiger partial charge on any atom is 0.247 e. The smallest absolute Gasteiger partial charge is 0.247 e. The van der Waals surface area contributed by atoms with Gasteiger partial charge in [-0.15, -0.1) is 21.5 Å². The summed E-state index contributed by atoms with van der Waals surface area (Å²) >= 11 is 1.50. The number of benzene rings is 1. The number of nitrogens with one attached hydrogen (secondary N) is 1. The first-order valence-electron chi connectivity index (χ1n) is 11.1. The van der Waals surface area contributed by atoms with Crippen LogP contribution in [0.5, 0.6) is 5.75 Å². The Bertz CT molecular complexity index is 1060. The van der Waals surface area contributed by atoms with Gasteiger partial charge in [0.15, 0.2) is 0 Å². The van der Waals surface area contributed by atoms with Crippen LogP contribution in [0.25, 0.3) is 10.7 Å². The second-order valence-corrected chi connectivity index (χ2v) is 9.03. The van der Waals surface area contributed by atoms with Crippen molar-refractivity contribution in [2.45, 2.75) is 51.2 Å². The summed E-state index contributed by atoms with van der Waals surface area (Å²) in [6.07, 6.45) is 5.43. The second kappa shape index (κ2) is 11.0. The summed E-state index contributed by atoms with van der Waals surface area (Å²) in [6.45, 7) is 0.0947. The van der Waals surface area contributed by atoms with Gasteiger partial charge in [0, 0.05) is 18.2 Å². The third kappa shape index (κ3) is 6.16. The lowest BCUT2D eigenvalue weighted by Crippen LogP contribution is -2.45. The number of rotatable bonds is 9. The summed E-state index contributed by atoms with van der Waals surface area (Å²) in [4.78, 5) is 29.7. The summed E-state index contributed by atoms with van der Waals surface area (Å²) in [6, 6.07) is 11.5. The molecule has 0 bridgehead atoms. The molecule has 0 aliphatic heterocycles.